The summed E-state index contributed by atoms with van der Waals surface area (Å²) >= 11 is 0. The molecule has 0 atom stereocenters. The molecular weight excluding hydrogens is 349 g/mol. The molecule has 1 heterocycles. The molecular formula is C15H16F5N3O2. The molecule has 0 fully saturated rings. The Balaban J connectivity index is 2.32. The summed E-state index contributed by atoms with van der Waals surface area (Å²) in [7, 11) is 0. The summed E-state index contributed by atoms with van der Waals surface area (Å²) in [5.41, 5.74) is 6.42. The van der Waals surface area contributed by atoms with Crippen LogP contribution in [0.1, 0.15) is 6.92 Å². The van der Waals surface area contributed by atoms with Gasteiger partial charge in [-0.3, -0.25) is 4.68 Å². The van der Waals surface area contributed by atoms with Crippen molar-refractivity contribution in [3.8, 4) is 22.6 Å². The van der Waals surface area contributed by atoms with Crippen LogP contribution >= 0.6 is 0 Å². The summed E-state index contributed by atoms with van der Waals surface area (Å²) in [6.07, 6.45) is -1.86. The Labute approximate surface area is 140 Å². The maximum atomic E-state index is 13.0. The van der Waals surface area contributed by atoms with Crippen LogP contribution < -0.4 is 15.2 Å². The quantitative estimate of drug-likeness (QED) is 0.764. The van der Waals surface area contributed by atoms with Crippen LogP contribution in [0, 0.1) is 0 Å². The Morgan fingerprint density at radius 1 is 1.12 bits per heavy atom. The standard InChI is InChI=1S/C15H16F5N3O2/c1-14(16,17)9-24-13-6-10(2-3-12(13)25-15(18,19)20)11-7-22-23(8-11)5-4-21/h2-3,6-8H,4-5,9,21H2,1H3. The summed E-state index contributed by atoms with van der Waals surface area (Å²) in [5, 5.41) is 4.04. The molecule has 0 aliphatic carbocycles. The van der Waals surface area contributed by atoms with Gasteiger partial charge in [-0.2, -0.15) is 5.10 Å². The van der Waals surface area contributed by atoms with Crippen molar-refractivity contribution < 1.29 is 31.4 Å². The molecule has 2 N–H and O–H groups in total. The molecule has 1 aromatic heterocycles. The fourth-order valence-electron chi connectivity index (χ4n) is 1.98. The Bertz CT molecular complexity index is 710. The van der Waals surface area contributed by atoms with Crippen LogP contribution in [0.25, 0.3) is 11.1 Å². The fourth-order valence-corrected chi connectivity index (χ4v) is 1.98. The van der Waals surface area contributed by atoms with Crippen LogP contribution in [0.3, 0.4) is 0 Å². The highest BCUT2D eigenvalue weighted by atomic mass is 19.4. The summed E-state index contributed by atoms with van der Waals surface area (Å²) in [4.78, 5) is 0. The average Bonchev–Trinajstić information content (AvgIpc) is 2.93. The number of halogens is 5. The lowest BCUT2D eigenvalue weighted by Crippen LogP contribution is -2.22. The first-order valence-corrected chi connectivity index (χ1v) is 7.21. The highest BCUT2D eigenvalue weighted by Crippen LogP contribution is 2.36. The van der Waals surface area contributed by atoms with Gasteiger partial charge in [-0.05, 0) is 17.7 Å². The predicted octanol–water partition coefficient (Wildman–Crippen LogP) is 3.44. The zero-order valence-electron chi connectivity index (χ0n) is 13.2. The first kappa shape index (κ1) is 19.0. The molecule has 138 valence electrons. The van der Waals surface area contributed by atoms with Crippen LogP contribution in [0.5, 0.6) is 11.5 Å². The summed E-state index contributed by atoms with van der Waals surface area (Å²) in [6.45, 7) is 0.329. The third-order valence-electron chi connectivity index (χ3n) is 2.98. The number of ether oxygens (including phenoxy) is 2. The summed E-state index contributed by atoms with van der Waals surface area (Å²) in [6, 6.07) is 3.55. The van der Waals surface area contributed by atoms with E-state index in [2.05, 4.69) is 9.84 Å². The first-order chi connectivity index (χ1) is 11.6. The van der Waals surface area contributed by atoms with Crippen LogP contribution in [0.4, 0.5) is 22.0 Å². The van der Waals surface area contributed by atoms with Crippen molar-refractivity contribution in [2.45, 2.75) is 25.8 Å². The summed E-state index contributed by atoms with van der Waals surface area (Å²) < 4.78 is 73.5. The van der Waals surface area contributed by atoms with E-state index in [0.29, 0.717) is 31.1 Å². The van der Waals surface area contributed by atoms with E-state index >= 15 is 0 Å². The number of rotatable bonds is 7. The third kappa shape index (κ3) is 5.89. The predicted molar refractivity (Wildman–Crippen MR) is 79.5 cm³/mol. The van der Waals surface area contributed by atoms with Crippen molar-refractivity contribution in [1.82, 2.24) is 9.78 Å². The van der Waals surface area contributed by atoms with Crippen molar-refractivity contribution in [3.05, 3.63) is 30.6 Å². The zero-order chi connectivity index (χ0) is 18.7. The van der Waals surface area contributed by atoms with E-state index in [1.54, 1.807) is 10.9 Å². The number of hydrogen-bond acceptors (Lipinski definition) is 4. The first-order valence-electron chi connectivity index (χ1n) is 7.21. The molecule has 0 saturated carbocycles. The monoisotopic (exact) mass is 365 g/mol. The van der Waals surface area contributed by atoms with Crippen molar-refractivity contribution in [3.63, 3.8) is 0 Å². The molecule has 0 amide bonds. The lowest BCUT2D eigenvalue weighted by molar-refractivity contribution is -0.275. The number of aromatic nitrogens is 2. The topological polar surface area (TPSA) is 62.3 Å². The number of benzene rings is 1. The minimum atomic E-state index is -4.97. The zero-order valence-corrected chi connectivity index (χ0v) is 13.2. The summed E-state index contributed by atoms with van der Waals surface area (Å²) in [5.74, 6) is -4.35. The van der Waals surface area contributed by atoms with Gasteiger partial charge < -0.3 is 15.2 Å². The highest BCUT2D eigenvalue weighted by Gasteiger charge is 2.33. The number of nitrogens with two attached hydrogens (primary N) is 1. The molecule has 0 aliphatic heterocycles. The molecule has 5 nitrogen and oxygen atoms in total. The van der Waals surface area contributed by atoms with E-state index in [4.69, 9.17) is 10.5 Å². The minimum Gasteiger partial charge on any atom is -0.483 e. The molecule has 2 aromatic rings. The van der Waals surface area contributed by atoms with Gasteiger partial charge in [0.25, 0.3) is 5.92 Å². The van der Waals surface area contributed by atoms with Gasteiger partial charge >= 0.3 is 6.36 Å². The average molecular weight is 365 g/mol. The molecule has 2 rings (SSSR count). The molecule has 0 spiro atoms. The van der Waals surface area contributed by atoms with Gasteiger partial charge in [-0.1, -0.05) is 6.07 Å². The second kappa shape index (κ2) is 7.26. The van der Waals surface area contributed by atoms with Gasteiger partial charge in [0.05, 0.1) is 12.7 Å². The van der Waals surface area contributed by atoms with Crippen molar-refractivity contribution in [2.75, 3.05) is 13.2 Å². The van der Waals surface area contributed by atoms with Crippen molar-refractivity contribution >= 4 is 0 Å². The van der Waals surface area contributed by atoms with E-state index in [9.17, 15) is 22.0 Å². The van der Waals surface area contributed by atoms with Gasteiger partial charge in [-0.25, -0.2) is 8.78 Å². The molecule has 0 unspecified atom stereocenters. The number of hydrogen-bond donors (Lipinski definition) is 1. The van der Waals surface area contributed by atoms with Crippen LogP contribution in [0.2, 0.25) is 0 Å². The van der Waals surface area contributed by atoms with Gasteiger partial charge in [0, 0.05) is 25.2 Å². The fraction of sp³-hybridized carbons (Fsp3) is 0.400. The molecule has 10 heteroatoms. The van der Waals surface area contributed by atoms with E-state index < -0.39 is 30.4 Å². The van der Waals surface area contributed by atoms with Gasteiger partial charge in [0.2, 0.25) is 0 Å². The smallest absolute Gasteiger partial charge is 0.483 e. The Hall–Kier alpha value is -2.36. The SMILES string of the molecule is CC(F)(F)COc1cc(-c2cnn(CCN)c2)ccc1OC(F)(F)F. The highest BCUT2D eigenvalue weighted by molar-refractivity contribution is 5.66. The minimum absolute atomic E-state index is 0.361. The molecule has 1 aromatic carbocycles. The largest absolute Gasteiger partial charge is 0.573 e. The Morgan fingerprint density at radius 3 is 2.44 bits per heavy atom. The normalized spacial score (nSPS) is 12.3. The van der Waals surface area contributed by atoms with Crippen LogP contribution in [0.15, 0.2) is 30.6 Å². The molecule has 25 heavy (non-hydrogen) atoms. The van der Waals surface area contributed by atoms with Crippen molar-refractivity contribution in [2.24, 2.45) is 5.73 Å². The van der Waals surface area contributed by atoms with E-state index in [0.717, 1.165) is 6.07 Å². The number of alkyl halides is 5. The lowest BCUT2D eigenvalue weighted by atomic mass is 10.1. The van der Waals surface area contributed by atoms with Crippen LogP contribution in [-0.2, 0) is 6.54 Å². The van der Waals surface area contributed by atoms with E-state index in [1.807, 2.05) is 0 Å². The molecule has 0 bridgehead atoms. The number of nitrogens with zero attached hydrogens (tertiary/aromatic N) is 2. The van der Waals surface area contributed by atoms with Gasteiger partial charge in [0.1, 0.15) is 0 Å². The third-order valence-corrected chi connectivity index (χ3v) is 2.98. The maximum absolute atomic E-state index is 13.0. The second-order valence-corrected chi connectivity index (χ2v) is 5.35. The second-order valence-electron chi connectivity index (χ2n) is 5.35. The molecule has 0 radical (unpaired) electrons. The Morgan fingerprint density at radius 2 is 1.84 bits per heavy atom. The lowest BCUT2D eigenvalue weighted by Gasteiger charge is -2.17. The van der Waals surface area contributed by atoms with Crippen molar-refractivity contribution in [1.29, 1.82) is 0 Å². The molecule has 0 saturated heterocycles. The Kier molecular flexibility index (Phi) is 5.51. The van der Waals surface area contributed by atoms with Gasteiger partial charge in [0.15, 0.2) is 18.1 Å². The van der Waals surface area contributed by atoms with Gasteiger partial charge in [-0.15, -0.1) is 13.2 Å². The van der Waals surface area contributed by atoms with Crippen LogP contribution in [-0.4, -0.2) is 35.2 Å². The maximum Gasteiger partial charge on any atom is 0.573 e. The van der Waals surface area contributed by atoms with E-state index in [-0.39, 0.29) is 0 Å². The molecule has 0 aliphatic rings. The van der Waals surface area contributed by atoms with E-state index in [1.165, 1.54) is 18.3 Å².